The number of anilines is 1. The molecule has 0 bridgehead atoms. The molecule has 0 saturated heterocycles. The van der Waals surface area contributed by atoms with E-state index in [4.69, 9.17) is 10.8 Å². The van der Waals surface area contributed by atoms with Crippen molar-refractivity contribution in [2.75, 3.05) is 18.1 Å². The summed E-state index contributed by atoms with van der Waals surface area (Å²) in [5.74, 6) is 2.45. The number of aliphatic hydroxyl groups excluding tert-OH is 1. The van der Waals surface area contributed by atoms with Crippen molar-refractivity contribution in [2.24, 2.45) is 0 Å². The Morgan fingerprint density at radius 2 is 2.38 bits per heavy atom. The van der Waals surface area contributed by atoms with Crippen LogP contribution < -0.4 is 5.73 Å². The van der Waals surface area contributed by atoms with E-state index in [1.807, 2.05) is 12.1 Å². The zero-order valence-electron chi connectivity index (χ0n) is 7.44. The number of pyridine rings is 1. The van der Waals surface area contributed by atoms with Gasteiger partial charge in [0, 0.05) is 24.1 Å². The molecule has 0 amide bonds. The van der Waals surface area contributed by atoms with Gasteiger partial charge < -0.3 is 10.8 Å². The molecular formula is C9H14N2OS. The molecule has 0 saturated carbocycles. The molecule has 0 aliphatic heterocycles. The van der Waals surface area contributed by atoms with Crippen LogP contribution >= 0.6 is 11.8 Å². The Bertz CT molecular complexity index is 255. The minimum Gasteiger partial charge on any atom is -0.396 e. The van der Waals surface area contributed by atoms with Gasteiger partial charge in [0.15, 0.2) is 0 Å². The maximum atomic E-state index is 8.57. The maximum Gasteiger partial charge on any atom is 0.127 e. The van der Waals surface area contributed by atoms with Crippen molar-refractivity contribution in [1.29, 1.82) is 0 Å². The Kier molecular flexibility index (Phi) is 4.64. The summed E-state index contributed by atoms with van der Waals surface area (Å²) in [6.07, 6.45) is 2.53. The number of nitrogens with zero attached hydrogens (tertiary/aromatic N) is 1. The van der Waals surface area contributed by atoms with Gasteiger partial charge in [0.25, 0.3) is 0 Å². The summed E-state index contributed by atoms with van der Waals surface area (Å²) in [4.78, 5) is 3.99. The lowest BCUT2D eigenvalue weighted by Gasteiger charge is -2.02. The zero-order valence-corrected chi connectivity index (χ0v) is 8.26. The molecule has 0 fully saturated rings. The van der Waals surface area contributed by atoms with Gasteiger partial charge in [0.05, 0.1) is 0 Å². The molecule has 0 spiro atoms. The predicted octanol–water partition coefficient (Wildman–Crippen LogP) is 1.28. The summed E-state index contributed by atoms with van der Waals surface area (Å²) in [6, 6.07) is 3.87. The van der Waals surface area contributed by atoms with Crippen LogP contribution in [0.4, 0.5) is 5.82 Å². The fourth-order valence-electron chi connectivity index (χ4n) is 0.922. The summed E-state index contributed by atoms with van der Waals surface area (Å²) < 4.78 is 0. The average molecular weight is 198 g/mol. The third kappa shape index (κ3) is 3.65. The predicted molar refractivity (Wildman–Crippen MR) is 56.5 cm³/mol. The van der Waals surface area contributed by atoms with Crippen LogP contribution in [0.3, 0.4) is 0 Å². The van der Waals surface area contributed by atoms with E-state index in [1.165, 1.54) is 0 Å². The zero-order chi connectivity index (χ0) is 9.52. The quantitative estimate of drug-likeness (QED) is 0.700. The summed E-state index contributed by atoms with van der Waals surface area (Å²) >= 11 is 1.77. The lowest BCUT2D eigenvalue weighted by Crippen LogP contribution is -1.96. The van der Waals surface area contributed by atoms with Crippen LogP contribution in [0.25, 0.3) is 0 Å². The van der Waals surface area contributed by atoms with Crippen LogP contribution in [-0.4, -0.2) is 22.5 Å². The van der Waals surface area contributed by atoms with Gasteiger partial charge in [-0.1, -0.05) is 6.07 Å². The van der Waals surface area contributed by atoms with E-state index >= 15 is 0 Å². The second-order valence-electron chi connectivity index (χ2n) is 2.68. The van der Waals surface area contributed by atoms with Gasteiger partial charge in [-0.05, 0) is 18.2 Å². The largest absolute Gasteiger partial charge is 0.396 e. The highest BCUT2D eigenvalue weighted by atomic mass is 32.2. The fraction of sp³-hybridized carbons (Fsp3) is 0.444. The van der Waals surface area contributed by atoms with Crippen molar-refractivity contribution in [1.82, 2.24) is 4.98 Å². The van der Waals surface area contributed by atoms with Crippen LogP contribution in [0.15, 0.2) is 18.3 Å². The molecule has 0 aromatic carbocycles. The van der Waals surface area contributed by atoms with Gasteiger partial charge >= 0.3 is 0 Å². The topological polar surface area (TPSA) is 59.1 Å². The number of thioether (sulfide) groups is 1. The average Bonchev–Trinajstić information content (AvgIpc) is 2.15. The van der Waals surface area contributed by atoms with Crippen LogP contribution in [0, 0.1) is 0 Å². The number of nitrogens with two attached hydrogens (primary N) is 1. The number of aliphatic hydroxyl groups is 1. The van der Waals surface area contributed by atoms with Gasteiger partial charge in [-0.3, -0.25) is 0 Å². The first-order chi connectivity index (χ1) is 6.34. The normalized spacial score (nSPS) is 10.2. The van der Waals surface area contributed by atoms with Gasteiger partial charge in [-0.2, -0.15) is 11.8 Å². The third-order valence-electron chi connectivity index (χ3n) is 1.63. The van der Waals surface area contributed by atoms with E-state index in [9.17, 15) is 0 Å². The molecule has 1 aromatic rings. The van der Waals surface area contributed by atoms with Crippen molar-refractivity contribution < 1.29 is 5.11 Å². The molecule has 13 heavy (non-hydrogen) atoms. The van der Waals surface area contributed by atoms with E-state index in [1.54, 1.807) is 18.0 Å². The molecule has 3 N–H and O–H groups in total. The highest BCUT2D eigenvalue weighted by Gasteiger charge is 1.98. The monoisotopic (exact) mass is 198 g/mol. The summed E-state index contributed by atoms with van der Waals surface area (Å²) in [5.41, 5.74) is 6.74. The molecule has 1 rings (SSSR count). The highest BCUT2D eigenvalue weighted by Crippen LogP contribution is 2.16. The van der Waals surface area contributed by atoms with E-state index in [0.29, 0.717) is 5.82 Å². The Morgan fingerprint density at radius 3 is 3.08 bits per heavy atom. The van der Waals surface area contributed by atoms with Crippen molar-refractivity contribution in [2.45, 2.75) is 12.2 Å². The lowest BCUT2D eigenvalue weighted by molar-refractivity contribution is 0.296. The van der Waals surface area contributed by atoms with Gasteiger partial charge in [0.2, 0.25) is 0 Å². The van der Waals surface area contributed by atoms with Gasteiger partial charge in [0.1, 0.15) is 5.82 Å². The molecule has 3 nitrogen and oxygen atoms in total. The lowest BCUT2D eigenvalue weighted by atomic mass is 10.3. The first-order valence-corrected chi connectivity index (χ1v) is 5.38. The van der Waals surface area contributed by atoms with E-state index in [0.717, 1.165) is 23.5 Å². The Hall–Kier alpha value is -0.740. The van der Waals surface area contributed by atoms with Crippen molar-refractivity contribution in [3.8, 4) is 0 Å². The number of nitrogen functional groups attached to an aromatic ring is 1. The van der Waals surface area contributed by atoms with E-state index in [-0.39, 0.29) is 6.61 Å². The molecule has 1 aromatic heterocycles. The van der Waals surface area contributed by atoms with Crippen LogP contribution in [0.5, 0.6) is 0 Å². The molecule has 72 valence electrons. The van der Waals surface area contributed by atoms with Gasteiger partial charge in [-0.25, -0.2) is 4.98 Å². The summed E-state index contributed by atoms with van der Waals surface area (Å²) in [6.45, 7) is 0.259. The number of hydrogen-bond donors (Lipinski definition) is 2. The summed E-state index contributed by atoms with van der Waals surface area (Å²) in [5, 5.41) is 8.57. The smallest absolute Gasteiger partial charge is 0.127 e. The minimum atomic E-state index is 0.259. The molecule has 0 radical (unpaired) electrons. The first kappa shape index (κ1) is 10.3. The van der Waals surface area contributed by atoms with Crippen LogP contribution in [0.1, 0.15) is 12.0 Å². The van der Waals surface area contributed by atoms with E-state index in [2.05, 4.69) is 4.98 Å². The second-order valence-corrected chi connectivity index (χ2v) is 3.78. The molecule has 0 aliphatic rings. The molecule has 0 atom stereocenters. The standard InChI is InChI=1S/C9H14N2OS/c10-9-8(3-1-4-11-9)7-13-6-2-5-12/h1,3-4,12H,2,5-7H2,(H2,10,11). The number of rotatable bonds is 5. The van der Waals surface area contributed by atoms with Gasteiger partial charge in [-0.15, -0.1) is 0 Å². The number of aromatic nitrogens is 1. The van der Waals surface area contributed by atoms with E-state index < -0.39 is 0 Å². The van der Waals surface area contributed by atoms with Crippen molar-refractivity contribution in [3.63, 3.8) is 0 Å². The van der Waals surface area contributed by atoms with Crippen LogP contribution in [0.2, 0.25) is 0 Å². The molecule has 0 aliphatic carbocycles. The Balaban J connectivity index is 2.32. The molecule has 1 heterocycles. The Labute approximate surface area is 82.4 Å². The highest BCUT2D eigenvalue weighted by molar-refractivity contribution is 7.98. The maximum absolute atomic E-state index is 8.57. The summed E-state index contributed by atoms with van der Waals surface area (Å²) in [7, 11) is 0. The van der Waals surface area contributed by atoms with Crippen molar-refractivity contribution in [3.05, 3.63) is 23.9 Å². The fourth-order valence-corrected chi connectivity index (χ4v) is 1.86. The molecule has 4 heteroatoms. The SMILES string of the molecule is Nc1ncccc1CSCCCO. The Morgan fingerprint density at radius 1 is 1.54 bits per heavy atom. The molecule has 0 unspecified atom stereocenters. The molecular weight excluding hydrogens is 184 g/mol. The first-order valence-electron chi connectivity index (χ1n) is 4.22. The number of hydrogen-bond acceptors (Lipinski definition) is 4. The second kappa shape index (κ2) is 5.83. The minimum absolute atomic E-state index is 0.259. The van der Waals surface area contributed by atoms with Crippen LogP contribution in [-0.2, 0) is 5.75 Å². The third-order valence-corrected chi connectivity index (χ3v) is 2.72. The van der Waals surface area contributed by atoms with Crippen molar-refractivity contribution >= 4 is 17.6 Å².